The second kappa shape index (κ2) is 7.02. The number of Topliss-reactive ketones (excluding diaryl/α,β-unsaturated/α-hetero) is 1. The molecule has 0 bridgehead atoms. The molecule has 0 aromatic rings. The van der Waals surface area contributed by atoms with Gasteiger partial charge in [-0.3, -0.25) is 9.59 Å². The summed E-state index contributed by atoms with van der Waals surface area (Å²) in [5, 5.41) is 0. The molecular weight excluding hydrogens is 272 g/mol. The minimum absolute atomic E-state index is 0.159. The largest absolute Gasteiger partial charge is 0.460 e. The van der Waals surface area contributed by atoms with Gasteiger partial charge in [-0.15, -0.1) is 0 Å². The quantitative estimate of drug-likeness (QED) is 0.573. The number of amides is 1. The maximum Gasteiger partial charge on any atom is 0.376 e. The van der Waals surface area contributed by atoms with Crippen LogP contribution >= 0.6 is 0 Å². The Morgan fingerprint density at radius 2 is 1.95 bits per heavy atom. The molecule has 0 aromatic heterocycles. The first-order valence-electron chi connectivity index (χ1n) is 7.81. The minimum atomic E-state index is -0.852. The second-order valence-electron chi connectivity index (χ2n) is 5.91. The van der Waals surface area contributed by atoms with Crippen LogP contribution in [0.15, 0.2) is 0 Å². The van der Waals surface area contributed by atoms with Gasteiger partial charge in [-0.1, -0.05) is 19.3 Å². The number of hydrogen-bond donors (Lipinski definition) is 1. The molecule has 1 heterocycles. The molecule has 2 fully saturated rings. The molecule has 1 saturated carbocycles. The van der Waals surface area contributed by atoms with Crippen LogP contribution in [0.4, 0.5) is 0 Å². The van der Waals surface area contributed by atoms with Crippen LogP contribution < -0.4 is 5.73 Å². The van der Waals surface area contributed by atoms with Gasteiger partial charge >= 0.3 is 5.97 Å². The van der Waals surface area contributed by atoms with E-state index in [0.717, 1.165) is 19.3 Å². The number of nitrogens with two attached hydrogens (primary N) is 1. The smallest absolute Gasteiger partial charge is 0.376 e. The van der Waals surface area contributed by atoms with Gasteiger partial charge in [-0.05, 0) is 32.1 Å². The SMILES string of the molecule is CCOC(=O)C(=O)[C@@H]1CCCN1C(=O)C(N)CC1CCC1. The van der Waals surface area contributed by atoms with Crippen LogP contribution in [-0.4, -0.2) is 47.8 Å². The third-order valence-corrected chi connectivity index (χ3v) is 4.44. The predicted molar refractivity (Wildman–Crippen MR) is 76.3 cm³/mol. The van der Waals surface area contributed by atoms with Crippen molar-refractivity contribution in [3.8, 4) is 0 Å². The molecule has 2 atom stereocenters. The highest BCUT2D eigenvalue weighted by Crippen LogP contribution is 2.31. The fourth-order valence-electron chi connectivity index (χ4n) is 3.04. The van der Waals surface area contributed by atoms with Crippen molar-refractivity contribution in [2.24, 2.45) is 11.7 Å². The lowest BCUT2D eigenvalue weighted by molar-refractivity contribution is -0.156. The molecule has 2 rings (SSSR count). The molecule has 1 saturated heterocycles. The summed E-state index contributed by atoms with van der Waals surface area (Å²) in [5.41, 5.74) is 5.99. The summed E-state index contributed by atoms with van der Waals surface area (Å²) in [6.07, 6.45) is 5.38. The average Bonchev–Trinajstić information content (AvgIpc) is 2.90. The van der Waals surface area contributed by atoms with E-state index in [1.54, 1.807) is 6.92 Å². The van der Waals surface area contributed by atoms with Crippen LogP contribution in [0.2, 0.25) is 0 Å². The molecule has 1 aliphatic heterocycles. The molecule has 0 radical (unpaired) electrons. The first-order chi connectivity index (χ1) is 10.0. The summed E-state index contributed by atoms with van der Waals surface area (Å²) >= 11 is 0. The number of esters is 1. The summed E-state index contributed by atoms with van der Waals surface area (Å²) in [7, 11) is 0. The third-order valence-electron chi connectivity index (χ3n) is 4.44. The van der Waals surface area contributed by atoms with Gasteiger partial charge in [-0.2, -0.15) is 0 Å². The van der Waals surface area contributed by atoms with E-state index in [2.05, 4.69) is 0 Å². The van der Waals surface area contributed by atoms with Gasteiger partial charge in [0.2, 0.25) is 5.91 Å². The van der Waals surface area contributed by atoms with Crippen LogP contribution in [0.1, 0.15) is 45.4 Å². The molecule has 0 spiro atoms. The predicted octanol–water partition coefficient (Wildman–Crippen LogP) is 0.627. The van der Waals surface area contributed by atoms with E-state index in [-0.39, 0.29) is 12.5 Å². The second-order valence-corrected chi connectivity index (χ2v) is 5.91. The van der Waals surface area contributed by atoms with Gasteiger partial charge in [0.25, 0.3) is 5.78 Å². The van der Waals surface area contributed by atoms with Crippen molar-refractivity contribution in [2.75, 3.05) is 13.2 Å². The number of carbonyl (C=O) groups excluding carboxylic acids is 3. The highest BCUT2D eigenvalue weighted by molar-refractivity contribution is 6.36. The maximum atomic E-state index is 12.4. The van der Waals surface area contributed by atoms with E-state index in [1.165, 1.54) is 11.3 Å². The molecule has 2 N–H and O–H groups in total. The lowest BCUT2D eigenvalue weighted by Gasteiger charge is -2.31. The molecule has 1 unspecified atom stereocenters. The van der Waals surface area contributed by atoms with Crippen LogP contribution in [0.25, 0.3) is 0 Å². The monoisotopic (exact) mass is 296 g/mol. The number of hydrogen-bond acceptors (Lipinski definition) is 5. The number of rotatable bonds is 6. The Bertz CT molecular complexity index is 420. The molecule has 2 aliphatic rings. The van der Waals surface area contributed by atoms with Gasteiger partial charge in [0.05, 0.1) is 12.6 Å². The number of carbonyl (C=O) groups is 3. The molecule has 6 nitrogen and oxygen atoms in total. The first-order valence-corrected chi connectivity index (χ1v) is 7.81. The molecule has 21 heavy (non-hydrogen) atoms. The van der Waals surface area contributed by atoms with Crippen LogP contribution in [0.5, 0.6) is 0 Å². The summed E-state index contributed by atoms with van der Waals surface area (Å²) in [6, 6.07) is -1.25. The maximum absolute atomic E-state index is 12.4. The zero-order valence-corrected chi connectivity index (χ0v) is 12.5. The molecule has 6 heteroatoms. The fourth-order valence-corrected chi connectivity index (χ4v) is 3.04. The highest BCUT2D eigenvalue weighted by atomic mass is 16.5. The van der Waals surface area contributed by atoms with Crippen LogP contribution in [0.3, 0.4) is 0 Å². The van der Waals surface area contributed by atoms with Crippen LogP contribution in [0, 0.1) is 5.92 Å². The van der Waals surface area contributed by atoms with Crippen molar-refractivity contribution in [3.63, 3.8) is 0 Å². The molecule has 118 valence electrons. The normalized spacial score (nSPS) is 23.5. The van der Waals surface area contributed by atoms with Gasteiger partial charge in [0.15, 0.2) is 0 Å². The van der Waals surface area contributed by atoms with E-state index in [1.807, 2.05) is 0 Å². The topological polar surface area (TPSA) is 89.7 Å². The number of likely N-dealkylation sites (tertiary alicyclic amines) is 1. The van der Waals surface area contributed by atoms with Crippen LogP contribution in [-0.2, 0) is 19.1 Å². The molecule has 1 amide bonds. The Hall–Kier alpha value is -1.43. The zero-order valence-electron chi connectivity index (χ0n) is 12.5. The van der Waals surface area contributed by atoms with E-state index in [0.29, 0.717) is 25.3 Å². The van der Waals surface area contributed by atoms with Gasteiger partial charge in [0.1, 0.15) is 6.04 Å². The molecule has 0 aromatic carbocycles. The van der Waals surface area contributed by atoms with E-state index in [4.69, 9.17) is 10.5 Å². The lowest BCUT2D eigenvalue weighted by atomic mass is 9.81. The highest BCUT2D eigenvalue weighted by Gasteiger charge is 2.39. The fraction of sp³-hybridized carbons (Fsp3) is 0.800. The average molecular weight is 296 g/mol. The lowest BCUT2D eigenvalue weighted by Crippen LogP contribution is -2.50. The van der Waals surface area contributed by atoms with Crippen molar-refractivity contribution in [1.82, 2.24) is 4.90 Å². The van der Waals surface area contributed by atoms with Crippen molar-refractivity contribution in [2.45, 2.75) is 57.5 Å². The van der Waals surface area contributed by atoms with E-state index >= 15 is 0 Å². The number of ketones is 1. The Labute approximate surface area is 125 Å². The summed E-state index contributed by atoms with van der Waals surface area (Å²) in [5.74, 6) is -1.15. The third kappa shape index (κ3) is 3.61. The van der Waals surface area contributed by atoms with Crippen molar-refractivity contribution < 1.29 is 19.1 Å². The minimum Gasteiger partial charge on any atom is -0.460 e. The first kappa shape index (κ1) is 15.9. The summed E-state index contributed by atoms with van der Waals surface area (Å²) in [4.78, 5) is 37.5. The molecular formula is C15H24N2O4. The van der Waals surface area contributed by atoms with Crippen molar-refractivity contribution >= 4 is 17.7 Å². The van der Waals surface area contributed by atoms with Gasteiger partial charge < -0.3 is 15.4 Å². The van der Waals surface area contributed by atoms with Gasteiger partial charge in [-0.25, -0.2) is 4.79 Å². The zero-order chi connectivity index (χ0) is 15.4. The van der Waals surface area contributed by atoms with Crippen molar-refractivity contribution in [3.05, 3.63) is 0 Å². The van der Waals surface area contributed by atoms with Crippen molar-refractivity contribution in [1.29, 1.82) is 0 Å². The summed E-state index contributed by atoms with van der Waals surface area (Å²) < 4.78 is 4.74. The van der Waals surface area contributed by atoms with E-state index in [9.17, 15) is 14.4 Å². The van der Waals surface area contributed by atoms with Gasteiger partial charge in [0, 0.05) is 6.54 Å². The number of nitrogens with zero attached hydrogens (tertiary/aromatic N) is 1. The standard InChI is InChI=1S/C15H24N2O4/c1-2-21-15(20)13(18)12-7-4-8-17(12)14(19)11(16)9-10-5-3-6-10/h10-12H,2-9,16H2,1H3/t11?,12-/m0/s1. The van der Waals surface area contributed by atoms with E-state index < -0.39 is 23.8 Å². The Kier molecular flexibility index (Phi) is 5.33. The molecule has 1 aliphatic carbocycles. The Morgan fingerprint density at radius 3 is 2.52 bits per heavy atom. The Morgan fingerprint density at radius 1 is 1.24 bits per heavy atom. The Balaban J connectivity index is 1.94. The summed E-state index contributed by atoms with van der Waals surface area (Å²) in [6.45, 7) is 2.30. The number of ether oxygens (including phenoxy) is 1.